The van der Waals surface area contributed by atoms with Gasteiger partial charge < -0.3 is 4.74 Å². The number of thioether (sulfide) groups is 1. The molecule has 0 aliphatic carbocycles. The van der Waals surface area contributed by atoms with Crippen molar-refractivity contribution in [1.82, 2.24) is 0 Å². The first-order valence-corrected chi connectivity index (χ1v) is 7.09. The summed E-state index contributed by atoms with van der Waals surface area (Å²) in [5, 5.41) is 1.22. The maximum atomic E-state index is 11.3. The zero-order valence-electron chi connectivity index (χ0n) is 10.2. The molecule has 0 aromatic heterocycles. The number of rotatable bonds is 4. The predicted molar refractivity (Wildman–Crippen MR) is 67.5 cm³/mol. The van der Waals surface area contributed by atoms with Crippen LogP contribution in [0.2, 0.25) is 0 Å². The third-order valence-corrected chi connectivity index (χ3v) is 5.45. The maximum Gasteiger partial charge on any atom is 0.303 e. The lowest BCUT2D eigenvalue weighted by Gasteiger charge is -2.39. The molecule has 2 nitrogen and oxygen atoms in total. The zero-order chi connectivity index (χ0) is 11.8. The van der Waals surface area contributed by atoms with Crippen molar-refractivity contribution in [2.45, 2.75) is 56.1 Å². The monoisotopic (exact) mass is 240 g/mol. The van der Waals surface area contributed by atoms with Gasteiger partial charge in [0.05, 0.1) is 0 Å². The topological polar surface area (TPSA) is 26.3 Å². The van der Waals surface area contributed by atoms with Crippen LogP contribution in [0.15, 0.2) is 12.2 Å². The molecule has 1 fully saturated rings. The molecule has 0 amide bonds. The molecule has 0 aromatic rings. The van der Waals surface area contributed by atoms with Crippen LogP contribution in [-0.4, -0.2) is 22.1 Å². The van der Waals surface area contributed by atoms with E-state index < -0.39 is 0 Å². The first-order chi connectivity index (χ1) is 7.61. The van der Waals surface area contributed by atoms with E-state index in [9.17, 15) is 4.79 Å². The molecule has 1 saturated heterocycles. The molecule has 3 heteroatoms. The summed E-state index contributed by atoms with van der Waals surface area (Å²) in [4.78, 5) is 11.3. The first-order valence-electron chi connectivity index (χ1n) is 6.14. The number of hydrogen-bond donors (Lipinski definition) is 0. The Bertz CT molecular complexity index is 307. The second-order valence-electron chi connectivity index (χ2n) is 4.73. The van der Waals surface area contributed by atoms with Crippen LogP contribution in [0.4, 0.5) is 0 Å². The molecule has 2 rings (SSSR count). The van der Waals surface area contributed by atoms with Crippen LogP contribution in [0.25, 0.3) is 0 Å². The second-order valence-corrected chi connectivity index (χ2v) is 6.15. The molecule has 16 heavy (non-hydrogen) atoms. The Morgan fingerprint density at radius 3 is 2.50 bits per heavy atom. The van der Waals surface area contributed by atoms with Gasteiger partial charge in [0.15, 0.2) is 0 Å². The lowest BCUT2D eigenvalue weighted by atomic mass is 9.76. The van der Waals surface area contributed by atoms with Gasteiger partial charge in [0.25, 0.3) is 0 Å². The van der Waals surface area contributed by atoms with Gasteiger partial charge in [0, 0.05) is 23.3 Å². The van der Waals surface area contributed by atoms with Gasteiger partial charge in [-0.15, -0.1) is 11.8 Å². The quantitative estimate of drug-likeness (QED) is 0.557. The summed E-state index contributed by atoms with van der Waals surface area (Å²) in [6.45, 7) is 5.79. The molecule has 0 radical (unpaired) electrons. The highest BCUT2D eigenvalue weighted by atomic mass is 32.2. The van der Waals surface area contributed by atoms with Crippen molar-refractivity contribution in [3.8, 4) is 0 Å². The van der Waals surface area contributed by atoms with E-state index in [-0.39, 0.29) is 11.6 Å². The Balaban J connectivity index is 2.18. The van der Waals surface area contributed by atoms with Crippen LogP contribution in [0.3, 0.4) is 0 Å². The summed E-state index contributed by atoms with van der Waals surface area (Å²) in [5.41, 5.74) is -0.233. The Hall–Kier alpha value is -0.440. The fourth-order valence-electron chi connectivity index (χ4n) is 3.07. The highest BCUT2D eigenvalue weighted by Crippen LogP contribution is 2.51. The van der Waals surface area contributed by atoms with Crippen molar-refractivity contribution in [1.29, 1.82) is 0 Å². The van der Waals surface area contributed by atoms with Gasteiger partial charge in [0.1, 0.15) is 5.60 Å². The van der Waals surface area contributed by atoms with Crippen molar-refractivity contribution in [2.75, 3.05) is 0 Å². The predicted octanol–water partition coefficient (Wildman–Crippen LogP) is 3.17. The molecule has 2 heterocycles. The first kappa shape index (κ1) is 12.0. The maximum absolute atomic E-state index is 11.3. The number of hydrogen-bond acceptors (Lipinski definition) is 3. The molecule has 0 aromatic carbocycles. The molecule has 2 bridgehead atoms. The third kappa shape index (κ3) is 1.90. The van der Waals surface area contributed by atoms with Crippen molar-refractivity contribution < 1.29 is 9.53 Å². The fourth-order valence-corrected chi connectivity index (χ4v) is 4.70. The lowest BCUT2D eigenvalue weighted by molar-refractivity contribution is -0.164. The van der Waals surface area contributed by atoms with Crippen molar-refractivity contribution in [2.24, 2.45) is 5.92 Å². The van der Waals surface area contributed by atoms with Crippen LogP contribution in [0.1, 0.15) is 40.0 Å². The molecule has 0 N–H and O–H groups in total. The van der Waals surface area contributed by atoms with Crippen LogP contribution in [0.5, 0.6) is 0 Å². The Morgan fingerprint density at radius 1 is 1.44 bits per heavy atom. The minimum Gasteiger partial charge on any atom is -0.459 e. The number of fused-ring (bicyclic) bond motifs is 2. The van der Waals surface area contributed by atoms with E-state index in [0.29, 0.717) is 16.4 Å². The fraction of sp³-hybridized carbons (Fsp3) is 0.769. The normalized spacial score (nSPS) is 32.1. The molecule has 2 aliphatic heterocycles. The van der Waals surface area contributed by atoms with Crippen molar-refractivity contribution >= 4 is 17.7 Å². The standard InChI is InChI=1S/C13H20O2S/c1-4-13(5-2,15-9(3)14)11-8-10-6-7-12(11)16-10/h6-7,10-12H,4-5,8H2,1-3H3. The summed E-state index contributed by atoms with van der Waals surface area (Å²) in [5.74, 6) is 0.367. The lowest BCUT2D eigenvalue weighted by Crippen LogP contribution is -2.44. The summed E-state index contributed by atoms with van der Waals surface area (Å²) in [6, 6.07) is 0. The summed E-state index contributed by atoms with van der Waals surface area (Å²) >= 11 is 2.02. The highest BCUT2D eigenvalue weighted by molar-refractivity contribution is 8.01. The largest absolute Gasteiger partial charge is 0.459 e. The third-order valence-electron chi connectivity index (χ3n) is 3.95. The van der Waals surface area contributed by atoms with Gasteiger partial charge in [-0.25, -0.2) is 0 Å². The highest BCUT2D eigenvalue weighted by Gasteiger charge is 2.49. The molecule has 0 spiro atoms. The summed E-state index contributed by atoms with van der Waals surface area (Å²) in [6.07, 6.45) is 7.61. The number of carbonyl (C=O) groups excluding carboxylic acids is 1. The van der Waals surface area contributed by atoms with E-state index in [4.69, 9.17) is 4.74 Å². The molecular weight excluding hydrogens is 220 g/mol. The Labute approximate surface area is 102 Å². The molecule has 0 saturated carbocycles. The SMILES string of the molecule is CCC(CC)(OC(C)=O)C1CC2C=CC1S2. The number of carbonyl (C=O) groups is 1. The minimum atomic E-state index is -0.233. The van der Waals surface area contributed by atoms with E-state index in [1.54, 1.807) is 0 Å². The van der Waals surface area contributed by atoms with E-state index in [0.717, 1.165) is 12.8 Å². The summed E-state index contributed by atoms with van der Waals surface area (Å²) in [7, 11) is 0. The minimum absolute atomic E-state index is 0.138. The summed E-state index contributed by atoms with van der Waals surface area (Å²) < 4.78 is 5.69. The van der Waals surface area contributed by atoms with E-state index in [1.807, 2.05) is 11.8 Å². The van der Waals surface area contributed by atoms with Gasteiger partial charge in [-0.2, -0.15) is 0 Å². The molecule has 3 atom stereocenters. The Morgan fingerprint density at radius 2 is 2.12 bits per heavy atom. The second kappa shape index (κ2) is 4.44. The Kier molecular flexibility index (Phi) is 3.34. The van der Waals surface area contributed by atoms with Crippen LogP contribution >= 0.6 is 11.8 Å². The van der Waals surface area contributed by atoms with Crippen molar-refractivity contribution in [3.63, 3.8) is 0 Å². The molecule has 2 aliphatic rings. The van der Waals surface area contributed by atoms with Gasteiger partial charge in [0.2, 0.25) is 0 Å². The van der Waals surface area contributed by atoms with E-state index >= 15 is 0 Å². The zero-order valence-corrected chi connectivity index (χ0v) is 11.0. The number of ether oxygens (including phenoxy) is 1. The molecule has 90 valence electrons. The van der Waals surface area contributed by atoms with Crippen LogP contribution < -0.4 is 0 Å². The van der Waals surface area contributed by atoms with Crippen LogP contribution in [-0.2, 0) is 9.53 Å². The average molecular weight is 240 g/mol. The average Bonchev–Trinajstić information content (AvgIpc) is 2.87. The van der Waals surface area contributed by atoms with Gasteiger partial charge >= 0.3 is 5.97 Å². The van der Waals surface area contributed by atoms with Gasteiger partial charge in [-0.1, -0.05) is 26.0 Å². The molecular formula is C13H20O2S. The van der Waals surface area contributed by atoms with Gasteiger partial charge in [-0.3, -0.25) is 4.79 Å². The van der Waals surface area contributed by atoms with E-state index in [2.05, 4.69) is 26.0 Å². The number of esters is 1. The smallest absolute Gasteiger partial charge is 0.303 e. The van der Waals surface area contributed by atoms with Gasteiger partial charge in [-0.05, 0) is 19.3 Å². The molecule has 3 unspecified atom stereocenters. The van der Waals surface area contributed by atoms with E-state index in [1.165, 1.54) is 13.3 Å². The van der Waals surface area contributed by atoms with Crippen LogP contribution in [0, 0.1) is 5.92 Å². The van der Waals surface area contributed by atoms with Crippen molar-refractivity contribution in [3.05, 3.63) is 12.2 Å².